The van der Waals surface area contributed by atoms with Crippen LogP contribution in [0, 0.1) is 0 Å². The Kier molecular flexibility index (Phi) is 4.73. The predicted molar refractivity (Wildman–Crippen MR) is 87.3 cm³/mol. The lowest BCUT2D eigenvalue weighted by Crippen LogP contribution is -2.37. The van der Waals surface area contributed by atoms with E-state index in [1.165, 1.54) is 30.6 Å². The summed E-state index contributed by atoms with van der Waals surface area (Å²) in [7, 11) is 0. The molecule has 0 unspecified atom stereocenters. The second-order valence-corrected chi connectivity index (χ2v) is 6.92. The smallest absolute Gasteiger partial charge is 0.251 e. The number of hydrogen-bond acceptors (Lipinski definition) is 4. The zero-order valence-corrected chi connectivity index (χ0v) is 13.3. The van der Waals surface area contributed by atoms with Crippen molar-refractivity contribution < 1.29 is 4.79 Å². The maximum Gasteiger partial charge on any atom is 0.251 e. The molecular formula is C15H18ClN3OS. The first-order valence-corrected chi connectivity index (χ1v) is 8.48. The van der Waals surface area contributed by atoms with Crippen LogP contribution in [0.1, 0.15) is 29.6 Å². The van der Waals surface area contributed by atoms with Gasteiger partial charge in [-0.3, -0.25) is 4.79 Å². The lowest BCUT2D eigenvalue weighted by atomic mass is 10.1. The molecule has 0 bridgehead atoms. The van der Waals surface area contributed by atoms with E-state index in [1.807, 2.05) is 12.1 Å². The Morgan fingerprint density at radius 3 is 2.95 bits per heavy atom. The molecule has 0 radical (unpaired) electrons. The van der Waals surface area contributed by atoms with Gasteiger partial charge in [0.05, 0.1) is 10.2 Å². The summed E-state index contributed by atoms with van der Waals surface area (Å²) < 4.78 is 1.51. The zero-order valence-electron chi connectivity index (χ0n) is 11.8. The molecule has 1 N–H and O–H groups in total. The van der Waals surface area contributed by atoms with Gasteiger partial charge in [0.1, 0.15) is 0 Å². The fourth-order valence-electron chi connectivity index (χ4n) is 2.65. The number of aromatic nitrogens is 1. The maximum absolute atomic E-state index is 12.1. The molecule has 0 atom stereocenters. The molecule has 4 nitrogen and oxygen atoms in total. The summed E-state index contributed by atoms with van der Waals surface area (Å²) in [6.07, 6.45) is 3.88. The van der Waals surface area contributed by atoms with Crippen LogP contribution in [0.5, 0.6) is 0 Å². The van der Waals surface area contributed by atoms with Crippen molar-refractivity contribution in [1.29, 1.82) is 0 Å². The Morgan fingerprint density at radius 1 is 1.33 bits per heavy atom. The number of amides is 1. The van der Waals surface area contributed by atoms with Crippen molar-refractivity contribution >= 4 is 39.1 Å². The molecule has 1 aromatic carbocycles. The van der Waals surface area contributed by atoms with Crippen LogP contribution < -0.4 is 5.32 Å². The lowest BCUT2D eigenvalue weighted by molar-refractivity contribution is 0.0946. The summed E-state index contributed by atoms with van der Waals surface area (Å²) in [4.78, 5) is 18.8. The highest BCUT2D eigenvalue weighted by molar-refractivity contribution is 7.22. The minimum absolute atomic E-state index is 0.0435. The van der Waals surface area contributed by atoms with Gasteiger partial charge in [0.15, 0.2) is 4.47 Å². The van der Waals surface area contributed by atoms with Crippen molar-refractivity contribution in [3.05, 3.63) is 28.2 Å². The van der Waals surface area contributed by atoms with Gasteiger partial charge in [0, 0.05) is 18.7 Å². The van der Waals surface area contributed by atoms with E-state index < -0.39 is 0 Å². The first kappa shape index (κ1) is 14.8. The van der Waals surface area contributed by atoms with Crippen molar-refractivity contribution in [3.63, 3.8) is 0 Å². The average Bonchev–Trinajstić information content (AvgIpc) is 2.87. The van der Waals surface area contributed by atoms with Crippen LogP contribution in [-0.2, 0) is 0 Å². The van der Waals surface area contributed by atoms with Gasteiger partial charge in [-0.2, -0.15) is 0 Å². The number of nitrogens with zero attached hydrogens (tertiary/aromatic N) is 2. The van der Waals surface area contributed by atoms with Gasteiger partial charge < -0.3 is 10.2 Å². The van der Waals surface area contributed by atoms with Crippen molar-refractivity contribution in [2.45, 2.75) is 19.3 Å². The fraction of sp³-hybridized carbons (Fsp3) is 0.467. The van der Waals surface area contributed by atoms with Crippen molar-refractivity contribution in [2.24, 2.45) is 0 Å². The van der Waals surface area contributed by atoms with Crippen LogP contribution in [0.2, 0.25) is 4.47 Å². The predicted octanol–water partition coefficient (Wildman–Crippen LogP) is 3.17. The number of fused-ring (bicyclic) bond motifs is 1. The summed E-state index contributed by atoms with van der Waals surface area (Å²) >= 11 is 7.31. The van der Waals surface area contributed by atoms with Crippen molar-refractivity contribution in [3.8, 4) is 0 Å². The van der Waals surface area contributed by atoms with E-state index in [0.29, 0.717) is 16.6 Å². The molecule has 1 aromatic heterocycles. The fourth-order valence-corrected chi connectivity index (χ4v) is 3.66. The van der Waals surface area contributed by atoms with Gasteiger partial charge in [0.2, 0.25) is 0 Å². The molecule has 2 heterocycles. The summed E-state index contributed by atoms with van der Waals surface area (Å²) in [6.45, 7) is 3.92. The van der Waals surface area contributed by atoms with E-state index >= 15 is 0 Å². The van der Waals surface area contributed by atoms with Gasteiger partial charge >= 0.3 is 0 Å². The SMILES string of the molecule is O=C(NCCN1CCCCC1)c1ccc2sc(Cl)nc2c1. The largest absolute Gasteiger partial charge is 0.351 e. The van der Waals surface area contributed by atoms with Gasteiger partial charge in [0.25, 0.3) is 5.91 Å². The van der Waals surface area contributed by atoms with Crippen LogP contribution in [0.25, 0.3) is 10.2 Å². The van der Waals surface area contributed by atoms with Gasteiger partial charge in [-0.25, -0.2) is 4.98 Å². The second kappa shape index (κ2) is 6.73. The molecule has 1 aliphatic heterocycles. The number of carbonyl (C=O) groups is 1. The minimum atomic E-state index is -0.0435. The van der Waals surface area contributed by atoms with E-state index in [2.05, 4.69) is 15.2 Å². The third kappa shape index (κ3) is 3.73. The number of benzene rings is 1. The first-order chi connectivity index (χ1) is 10.2. The third-order valence-corrected chi connectivity index (χ3v) is 4.93. The molecule has 112 valence electrons. The molecule has 0 spiro atoms. The average molecular weight is 324 g/mol. The summed E-state index contributed by atoms with van der Waals surface area (Å²) in [5.74, 6) is -0.0435. The number of thiazole rings is 1. The molecule has 0 aliphatic carbocycles. The minimum Gasteiger partial charge on any atom is -0.351 e. The van der Waals surface area contributed by atoms with Crippen LogP contribution >= 0.6 is 22.9 Å². The van der Waals surface area contributed by atoms with E-state index in [0.717, 1.165) is 29.9 Å². The quantitative estimate of drug-likeness (QED) is 0.940. The first-order valence-electron chi connectivity index (χ1n) is 7.29. The molecule has 1 amide bonds. The molecular weight excluding hydrogens is 306 g/mol. The van der Waals surface area contributed by atoms with E-state index in [9.17, 15) is 4.79 Å². The molecule has 2 aromatic rings. The Hall–Kier alpha value is -1.17. The number of likely N-dealkylation sites (tertiary alicyclic amines) is 1. The summed E-state index contributed by atoms with van der Waals surface area (Å²) in [6, 6.07) is 5.53. The second-order valence-electron chi connectivity index (χ2n) is 5.31. The maximum atomic E-state index is 12.1. The number of hydrogen-bond donors (Lipinski definition) is 1. The van der Waals surface area contributed by atoms with Crippen LogP contribution in [0.15, 0.2) is 18.2 Å². The topological polar surface area (TPSA) is 45.2 Å². The summed E-state index contributed by atoms with van der Waals surface area (Å²) in [5, 5.41) is 2.98. The molecule has 21 heavy (non-hydrogen) atoms. The monoisotopic (exact) mass is 323 g/mol. The van der Waals surface area contributed by atoms with Crippen molar-refractivity contribution in [2.75, 3.05) is 26.2 Å². The zero-order chi connectivity index (χ0) is 14.7. The number of carbonyl (C=O) groups excluding carboxylic acids is 1. The van der Waals surface area contributed by atoms with Crippen molar-refractivity contribution in [1.82, 2.24) is 15.2 Å². The van der Waals surface area contributed by atoms with Gasteiger partial charge in [-0.15, -0.1) is 11.3 Å². The van der Waals surface area contributed by atoms with Crippen LogP contribution in [0.4, 0.5) is 0 Å². The molecule has 1 aliphatic rings. The molecule has 3 rings (SSSR count). The lowest BCUT2D eigenvalue weighted by Gasteiger charge is -2.26. The van der Waals surface area contributed by atoms with E-state index in [4.69, 9.17) is 11.6 Å². The number of halogens is 1. The Balaban J connectivity index is 1.55. The Labute approximate surface area is 133 Å². The number of nitrogens with one attached hydrogen (secondary N) is 1. The normalized spacial score (nSPS) is 16.2. The highest BCUT2D eigenvalue weighted by atomic mass is 35.5. The highest BCUT2D eigenvalue weighted by Gasteiger charge is 2.11. The van der Waals surface area contributed by atoms with E-state index in [-0.39, 0.29) is 5.91 Å². The Bertz CT molecular complexity index is 637. The Morgan fingerprint density at radius 2 is 2.14 bits per heavy atom. The third-order valence-electron chi connectivity index (χ3n) is 3.79. The van der Waals surface area contributed by atoms with Crippen LogP contribution in [-0.4, -0.2) is 42.0 Å². The molecule has 1 fully saturated rings. The van der Waals surface area contributed by atoms with Gasteiger partial charge in [-0.05, 0) is 44.1 Å². The molecule has 6 heteroatoms. The number of rotatable bonds is 4. The highest BCUT2D eigenvalue weighted by Crippen LogP contribution is 2.26. The summed E-state index contributed by atoms with van der Waals surface area (Å²) in [5.41, 5.74) is 1.43. The number of piperidine rings is 1. The molecule has 1 saturated heterocycles. The molecule has 0 saturated carbocycles. The van der Waals surface area contributed by atoms with E-state index in [1.54, 1.807) is 6.07 Å². The van der Waals surface area contributed by atoms with Gasteiger partial charge in [-0.1, -0.05) is 18.0 Å². The van der Waals surface area contributed by atoms with Crippen LogP contribution in [0.3, 0.4) is 0 Å². The standard InChI is InChI=1S/C15H18ClN3OS/c16-15-18-12-10-11(4-5-13(12)21-15)14(20)17-6-9-19-7-2-1-3-8-19/h4-5,10H,1-3,6-9H2,(H,17,20).